The van der Waals surface area contributed by atoms with Crippen molar-refractivity contribution >= 4 is 28.1 Å². The predicted molar refractivity (Wildman–Crippen MR) is 97.7 cm³/mol. The summed E-state index contributed by atoms with van der Waals surface area (Å²) in [4.78, 5) is 13.8. The van der Waals surface area contributed by atoms with Gasteiger partial charge in [-0.25, -0.2) is 15.0 Å². The number of hydrogen-bond acceptors (Lipinski definition) is 6. The van der Waals surface area contributed by atoms with E-state index in [2.05, 4.69) is 21.0 Å². The molecule has 24 heavy (non-hydrogen) atoms. The Labute approximate surface area is 149 Å². The van der Waals surface area contributed by atoms with E-state index in [1.165, 1.54) is 11.3 Å². The van der Waals surface area contributed by atoms with Gasteiger partial charge in [0.25, 0.3) is 0 Å². The third-order valence-electron chi connectivity index (χ3n) is 3.57. The Morgan fingerprint density at radius 1 is 1.21 bits per heavy atom. The summed E-state index contributed by atoms with van der Waals surface area (Å²) in [5, 5.41) is 0.821. The van der Waals surface area contributed by atoms with Crippen molar-refractivity contribution in [2.75, 3.05) is 12.8 Å². The molecule has 124 valence electrons. The second-order valence-corrected chi connectivity index (χ2v) is 6.83. The molecule has 0 unspecified atom stereocenters. The summed E-state index contributed by atoms with van der Waals surface area (Å²) in [6, 6.07) is 7.92. The van der Waals surface area contributed by atoms with E-state index in [9.17, 15) is 0 Å². The van der Waals surface area contributed by atoms with Crippen molar-refractivity contribution in [1.82, 2.24) is 15.0 Å². The molecule has 2 heterocycles. The average molecular weight is 361 g/mol. The van der Waals surface area contributed by atoms with Crippen molar-refractivity contribution in [2.45, 2.75) is 19.8 Å². The van der Waals surface area contributed by atoms with Crippen LogP contribution in [0.15, 0.2) is 30.5 Å². The maximum atomic E-state index is 5.95. The fraction of sp³-hybridized carbons (Fsp3) is 0.235. The van der Waals surface area contributed by atoms with Crippen molar-refractivity contribution in [3.63, 3.8) is 0 Å². The molecule has 0 saturated heterocycles. The Hall–Kier alpha value is -2.18. The molecule has 0 amide bonds. The molecule has 0 fully saturated rings. The Balaban J connectivity index is 1.89. The van der Waals surface area contributed by atoms with E-state index in [0.29, 0.717) is 5.13 Å². The van der Waals surface area contributed by atoms with Gasteiger partial charge < -0.3 is 10.5 Å². The molecule has 2 N–H and O–H groups in total. The maximum Gasteiger partial charge on any atom is 0.222 e. The fourth-order valence-corrected chi connectivity index (χ4v) is 3.54. The first-order chi connectivity index (χ1) is 11.5. The predicted octanol–water partition coefficient (Wildman–Crippen LogP) is 3.94. The lowest BCUT2D eigenvalue weighted by atomic mass is 10.1. The quantitative estimate of drug-likeness (QED) is 0.697. The van der Waals surface area contributed by atoms with Crippen LogP contribution in [0.3, 0.4) is 0 Å². The zero-order chi connectivity index (χ0) is 17.1. The van der Waals surface area contributed by atoms with E-state index >= 15 is 0 Å². The van der Waals surface area contributed by atoms with Gasteiger partial charge in [0, 0.05) is 22.3 Å². The minimum absolute atomic E-state index is 0.264. The van der Waals surface area contributed by atoms with Crippen LogP contribution in [0.5, 0.6) is 5.75 Å². The normalized spacial score (nSPS) is 10.8. The first kappa shape index (κ1) is 16.7. The van der Waals surface area contributed by atoms with Crippen molar-refractivity contribution in [3.8, 4) is 17.0 Å². The number of benzene rings is 1. The summed E-state index contributed by atoms with van der Waals surface area (Å²) >= 11 is 7.34. The van der Waals surface area contributed by atoms with Crippen LogP contribution < -0.4 is 10.5 Å². The summed E-state index contributed by atoms with van der Waals surface area (Å²) in [5.41, 5.74) is 9.87. The average Bonchev–Trinajstić information content (AvgIpc) is 2.93. The van der Waals surface area contributed by atoms with Crippen LogP contribution in [0, 0.1) is 6.92 Å². The fourth-order valence-electron chi connectivity index (χ4n) is 2.52. The Morgan fingerprint density at radius 2 is 2.04 bits per heavy atom. The molecule has 0 aliphatic carbocycles. The van der Waals surface area contributed by atoms with Crippen molar-refractivity contribution in [3.05, 3.63) is 51.9 Å². The van der Waals surface area contributed by atoms with Gasteiger partial charge in [0.15, 0.2) is 5.13 Å². The molecule has 0 spiro atoms. The van der Waals surface area contributed by atoms with Gasteiger partial charge in [-0.05, 0) is 61.2 Å². The number of ether oxygens (including phenoxy) is 1. The monoisotopic (exact) mass is 360 g/mol. The Morgan fingerprint density at radius 3 is 2.79 bits per heavy atom. The summed E-state index contributed by atoms with van der Waals surface area (Å²) in [5.74, 6) is 0.810. The molecule has 0 atom stereocenters. The SMILES string of the molecule is COc1cc(C)cc(-c2nc(N)sc2CCc2ccnc(Cl)n2)c1. The lowest BCUT2D eigenvalue weighted by molar-refractivity contribution is 0.414. The van der Waals surface area contributed by atoms with Gasteiger partial charge >= 0.3 is 0 Å². The topological polar surface area (TPSA) is 73.9 Å². The summed E-state index contributed by atoms with van der Waals surface area (Å²) in [6.07, 6.45) is 3.20. The van der Waals surface area contributed by atoms with Crippen LogP contribution in [0.2, 0.25) is 5.28 Å². The molecule has 3 rings (SSSR count). The number of rotatable bonds is 5. The highest BCUT2D eigenvalue weighted by molar-refractivity contribution is 7.15. The second-order valence-electron chi connectivity index (χ2n) is 5.38. The molecule has 7 heteroatoms. The van der Waals surface area contributed by atoms with Crippen molar-refractivity contribution in [2.24, 2.45) is 0 Å². The number of halogens is 1. The molecular formula is C17H17ClN4OS. The lowest BCUT2D eigenvalue weighted by Crippen LogP contribution is -1.96. The third kappa shape index (κ3) is 3.83. The summed E-state index contributed by atoms with van der Waals surface area (Å²) in [6.45, 7) is 2.03. The second kappa shape index (κ2) is 7.15. The number of aromatic nitrogens is 3. The molecule has 0 saturated carbocycles. The smallest absolute Gasteiger partial charge is 0.222 e. The summed E-state index contributed by atoms with van der Waals surface area (Å²) < 4.78 is 5.36. The van der Waals surface area contributed by atoms with Crippen LogP contribution in [0.4, 0.5) is 5.13 Å². The van der Waals surface area contributed by atoms with E-state index in [1.54, 1.807) is 13.3 Å². The van der Waals surface area contributed by atoms with Crippen molar-refractivity contribution < 1.29 is 4.74 Å². The van der Waals surface area contributed by atoms with Crippen LogP contribution in [0.25, 0.3) is 11.3 Å². The van der Waals surface area contributed by atoms with E-state index in [0.717, 1.165) is 46.0 Å². The van der Waals surface area contributed by atoms with E-state index in [4.69, 9.17) is 22.1 Å². The van der Waals surface area contributed by atoms with Gasteiger partial charge in [0.1, 0.15) is 5.75 Å². The van der Waals surface area contributed by atoms with E-state index in [-0.39, 0.29) is 5.28 Å². The Kier molecular flexibility index (Phi) is 4.97. The van der Waals surface area contributed by atoms with Crippen LogP contribution in [-0.2, 0) is 12.8 Å². The molecule has 5 nitrogen and oxygen atoms in total. The first-order valence-electron chi connectivity index (χ1n) is 7.44. The van der Waals surface area contributed by atoms with Gasteiger partial charge in [0.05, 0.1) is 12.8 Å². The molecule has 2 aromatic heterocycles. The molecular weight excluding hydrogens is 344 g/mol. The zero-order valence-corrected chi connectivity index (χ0v) is 15.0. The molecule has 0 aliphatic rings. The largest absolute Gasteiger partial charge is 0.497 e. The highest BCUT2D eigenvalue weighted by Crippen LogP contribution is 2.33. The number of aryl methyl sites for hydroxylation is 3. The minimum Gasteiger partial charge on any atom is -0.497 e. The number of nitrogens with two attached hydrogens (primary N) is 1. The maximum absolute atomic E-state index is 5.95. The highest BCUT2D eigenvalue weighted by atomic mass is 35.5. The number of methoxy groups -OCH3 is 1. The lowest BCUT2D eigenvalue weighted by Gasteiger charge is -2.07. The highest BCUT2D eigenvalue weighted by Gasteiger charge is 2.14. The Bertz CT molecular complexity index is 866. The molecule has 1 aromatic carbocycles. The number of hydrogen-bond donors (Lipinski definition) is 1. The first-order valence-corrected chi connectivity index (χ1v) is 8.63. The van der Waals surface area contributed by atoms with Crippen LogP contribution >= 0.6 is 22.9 Å². The van der Waals surface area contributed by atoms with Gasteiger partial charge in [-0.2, -0.15) is 0 Å². The van der Waals surface area contributed by atoms with E-state index < -0.39 is 0 Å². The van der Waals surface area contributed by atoms with Gasteiger partial charge in [0.2, 0.25) is 5.28 Å². The minimum atomic E-state index is 0.264. The van der Waals surface area contributed by atoms with Crippen LogP contribution in [0.1, 0.15) is 16.1 Å². The molecule has 0 radical (unpaired) electrons. The zero-order valence-electron chi connectivity index (χ0n) is 13.4. The third-order valence-corrected chi connectivity index (χ3v) is 4.69. The summed E-state index contributed by atoms with van der Waals surface area (Å²) in [7, 11) is 1.66. The standard InChI is InChI=1S/C17H17ClN4OS/c1-10-7-11(9-13(8-10)23-2)15-14(24-17(19)22-15)4-3-12-5-6-20-16(18)21-12/h5-9H,3-4H2,1-2H3,(H2,19,22). The molecule has 3 aromatic rings. The van der Waals surface area contributed by atoms with Crippen molar-refractivity contribution in [1.29, 1.82) is 0 Å². The van der Waals surface area contributed by atoms with E-state index in [1.807, 2.05) is 25.1 Å². The number of nitrogens with zero attached hydrogens (tertiary/aromatic N) is 3. The van der Waals surface area contributed by atoms with Gasteiger partial charge in [-0.1, -0.05) is 0 Å². The number of anilines is 1. The van der Waals surface area contributed by atoms with Crippen LogP contribution in [-0.4, -0.2) is 22.1 Å². The molecule has 0 bridgehead atoms. The molecule has 0 aliphatic heterocycles. The number of thiazole rings is 1. The number of nitrogen functional groups attached to an aromatic ring is 1. The van der Waals surface area contributed by atoms with Gasteiger partial charge in [-0.3, -0.25) is 0 Å². The van der Waals surface area contributed by atoms with Gasteiger partial charge in [-0.15, -0.1) is 11.3 Å².